The molecule has 1 aliphatic carbocycles. The molecular formula is C53H37NO. The van der Waals surface area contributed by atoms with Gasteiger partial charge in [0.05, 0.1) is 17.8 Å². The summed E-state index contributed by atoms with van der Waals surface area (Å²) in [4.78, 5) is 1.08. The number of para-hydroxylation sites is 2. The second kappa shape index (κ2) is 12.1. The maximum atomic E-state index is 9.68. The molecular weight excluding hydrogens is 667 g/mol. The number of hydrogen-bond acceptors (Lipinski definition) is 2. The largest absolute Gasteiger partial charge is 0.455 e. The Morgan fingerprint density at radius 2 is 1.25 bits per heavy atom. The summed E-state index contributed by atoms with van der Waals surface area (Å²) in [6, 6.07) is 22.5. The van der Waals surface area contributed by atoms with Gasteiger partial charge in [-0.1, -0.05) is 159 Å². The van der Waals surface area contributed by atoms with Gasteiger partial charge in [0.1, 0.15) is 11.2 Å². The molecule has 0 saturated carbocycles. The van der Waals surface area contributed by atoms with Gasteiger partial charge in [0.2, 0.25) is 0 Å². The van der Waals surface area contributed by atoms with Crippen LogP contribution in [0.25, 0.3) is 76.9 Å². The summed E-state index contributed by atoms with van der Waals surface area (Å²) in [5, 5.41) is 2.72. The Morgan fingerprint density at radius 3 is 2.15 bits per heavy atom. The highest BCUT2D eigenvalue weighted by Gasteiger charge is 2.35. The van der Waals surface area contributed by atoms with E-state index in [1.54, 1.807) is 12.1 Å². The first-order valence-corrected chi connectivity index (χ1v) is 17.5. The van der Waals surface area contributed by atoms with Crippen LogP contribution in [0.5, 0.6) is 0 Å². The Bertz CT molecular complexity index is 4090. The van der Waals surface area contributed by atoms with Crippen molar-refractivity contribution in [3.8, 4) is 33.4 Å². The fourth-order valence-electron chi connectivity index (χ4n) is 7.78. The average molecular weight is 723 g/mol. The van der Waals surface area contributed by atoms with Gasteiger partial charge in [0, 0.05) is 52.6 Å². The summed E-state index contributed by atoms with van der Waals surface area (Å²) in [5.74, 6) is 0. The molecule has 1 aliphatic rings. The molecule has 11 rings (SSSR count). The van der Waals surface area contributed by atoms with Crippen molar-refractivity contribution in [2.24, 2.45) is 0 Å². The lowest BCUT2D eigenvalue weighted by Crippen LogP contribution is -2.16. The van der Waals surface area contributed by atoms with Gasteiger partial charge in [-0.05, 0) is 97.3 Å². The number of hydrogen-bond donors (Lipinski definition) is 0. The minimum Gasteiger partial charge on any atom is -0.455 e. The number of nitrogens with zero attached hydrogens (tertiary/aromatic N) is 1. The van der Waals surface area contributed by atoms with E-state index in [1.807, 2.05) is 78.9 Å². The van der Waals surface area contributed by atoms with Crippen LogP contribution in [-0.4, -0.2) is 0 Å². The molecule has 1 heterocycles. The minimum atomic E-state index is -3.62. The smallest absolute Gasteiger partial charge is 0.143 e. The van der Waals surface area contributed by atoms with Crippen LogP contribution >= 0.6 is 0 Å². The van der Waals surface area contributed by atoms with E-state index in [1.165, 1.54) is 12.1 Å². The van der Waals surface area contributed by atoms with Crippen LogP contribution in [-0.2, 0) is 5.41 Å². The van der Waals surface area contributed by atoms with Crippen molar-refractivity contribution in [3.05, 3.63) is 199 Å². The van der Waals surface area contributed by atoms with Crippen LogP contribution in [0.2, 0.25) is 0 Å². The molecule has 2 heteroatoms. The highest BCUT2D eigenvalue weighted by molar-refractivity contribution is 6.14. The molecule has 0 amide bonds. The van der Waals surface area contributed by atoms with E-state index in [2.05, 4.69) is 0 Å². The lowest BCUT2D eigenvalue weighted by molar-refractivity contribution is 0.660. The molecule has 0 atom stereocenters. The summed E-state index contributed by atoms with van der Waals surface area (Å²) in [5.41, 5.74) is -2.62. The number of benzene rings is 9. The zero-order chi connectivity index (χ0) is 53.0. The maximum absolute atomic E-state index is 9.68. The van der Waals surface area contributed by atoms with Gasteiger partial charge in [-0.2, -0.15) is 0 Å². The maximum Gasteiger partial charge on any atom is 0.143 e. The van der Waals surface area contributed by atoms with E-state index in [4.69, 9.17) is 23.6 Å². The van der Waals surface area contributed by atoms with Crippen molar-refractivity contribution in [1.82, 2.24) is 0 Å². The van der Waals surface area contributed by atoms with Crippen molar-refractivity contribution in [3.63, 3.8) is 0 Å². The molecule has 0 unspecified atom stereocenters. The molecule has 0 fully saturated rings. The second-order valence-electron chi connectivity index (χ2n) is 13.4. The molecule has 0 saturated heterocycles. The molecule has 10 aromatic rings. The summed E-state index contributed by atoms with van der Waals surface area (Å²) in [6.07, 6.45) is 0. The third-order valence-electron chi connectivity index (χ3n) is 10.3. The second-order valence-corrected chi connectivity index (χ2v) is 13.4. The number of furan rings is 1. The Kier molecular flexibility index (Phi) is 3.94. The summed E-state index contributed by atoms with van der Waals surface area (Å²) >= 11 is 0. The summed E-state index contributed by atoms with van der Waals surface area (Å²) < 4.78 is 177. The molecule has 9 aromatic carbocycles. The zero-order valence-corrected chi connectivity index (χ0v) is 28.7. The van der Waals surface area contributed by atoms with Gasteiger partial charge in [-0.3, -0.25) is 0 Å². The van der Waals surface area contributed by atoms with Crippen molar-refractivity contribution >= 4 is 60.5 Å². The molecule has 2 nitrogen and oxygen atoms in total. The van der Waals surface area contributed by atoms with Crippen molar-refractivity contribution < 1.29 is 30.5 Å². The predicted octanol–water partition coefficient (Wildman–Crippen LogP) is 15.0. The van der Waals surface area contributed by atoms with E-state index in [0.717, 1.165) is 49.2 Å². The van der Waals surface area contributed by atoms with E-state index < -0.39 is 142 Å². The SMILES string of the molecule is [2H]c1c(N(c2ccc(-c3ccc4ccccc4c3-c3cccc4c3oc3ccccc34)cc2)c2c([2H])c([2H])c3c([2H])c([2H])c([2H])c([2H])c3c2[2H])cc2c(c1[2H])-c1c([2H])c([2H])c([2H])c([2H])c1C2(C([2H])([2H])[2H])C([2H])([2H])[2H]. The number of rotatable bonds is 5. The van der Waals surface area contributed by atoms with Gasteiger partial charge in [-0.15, -0.1) is 0 Å². The van der Waals surface area contributed by atoms with Crippen LogP contribution in [0.15, 0.2) is 192 Å². The summed E-state index contributed by atoms with van der Waals surface area (Å²) in [7, 11) is 0. The molecule has 0 spiro atoms. The average Bonchev–Trinajstić information content (AvgIpc) is 3.93. The van der Waals surface area contributed by atoms with E-state index >= 15 is 0 Å². The first-order chi connectivity index (χ1) is 34.9. The van der Waals surface area contributed by atoms with E-state index in [0.29, 0.717) is 16.7 Å². The van der Waals surface area contributed by atoms with Crippen LogP contribution in [0.4, 0.5) is 17.1 Å². The summed E-state index contributed by atoms with van der Waals surface area (Å²) in [6.45, 7) is -7.25. The predicted molar refractivity (Wildman–Crippen MR) is 232 cm³/mol. The van der Waals surface area contributed by atoms with Gasteiger partial charge in [-0.25, -0.2) is 0 Å². The topological polar surface area (TPSA) is 16.4 Å². The molecule has 0 radical (unpaired) electrons. The standard InChI is InChI=1S/C53H37NO/c1-53(2)48-20-9-7-16-43(48)44-31-29-40(33-49(44)53)54(39-28-22-34-12-3-4-14-37(34)32-39)38-26-23-36(24-27-38)42-30-25-35-13-5-6-15-41(35)51(42)47-19-11-18-46-45-17-8-10-21-50(45)55-52(46)47/h3-33H,1-2H3/i1D3,2D3,3D,4D,7D,9D,12D,14D,16D,20D,22D,28D,29D,31D,32D. The Hall–Kier alpha value is -6.90. The van der Waals surface area contributed by atoms with Gasteiger partial charge < -0.3 is 9.32 Å². The van der Waals surface area contributed by atoms with Gasteiger partial charge in [0.15, 0.2) is 0 Å². The quantitative estimate of drug-likeness (QED) is 0.176. The van der Waals surface area contributed by atoms with Crippen molar-refractivity contribution in [2.75, 3.05) is 4.90 Å². The van der Waals surface area contributed by atoms with Crippen LogP contribution in [0.1, 0.15) is 50.9 Å². The normalized spacial score (nSPS) is 18.4. The van der Waals surface area contributed by atoms with Gasteiger partial charge >= 0.3 is 0 Å². The fraction of sp³-hybridized carbons (Fsp3) is 0.0566. The first-order valence-electron chi connectivity index (χ1n) is 27.0. The third-order valence-corrected chi connectivity index (χ3v) is 10.3. The molecule has 260 valence electrons. The molecule has 0 aliphatic heterocycles. The first kappa shape index (κ1) is 18.0. The van der Waals surface area contributed by atoms with Gasteiger partial charge in [0.25, 0.3) is 0 Å². The Labute approximate surface area is 347 Å². The highest BCUT2D eigenvalue weighted by Crippen LogP contribution is 2.51. The lowest BCUT2D eigenvalue weighted by atomic mass is 9.82. The highest BCUT2D eigenvalue weighted by atomic mass is 16.3. The molecule has 55 heavy (non-hydrogen) atoms. The van der Waals surface area contributed by atoms with Crippen LogP contribution in [0, 0.1) is 0 Å². The Balaban J connectivity index is 1.22. The van der Waals surface area contributed by atoms with Crippen LogP contribution < -0.4 is 4.90 Å². The third kappa shape index (κ3) is 4.88. The van der Waals surface area contributed by atoms with E-state index in [9.17, 15) is 6.85 Å². The monoisotopic (exact) mass is 722 g/mol. The van der Waals surface area contributed by atoms with Crippen molar-refractivity contribution in [2.45, 2.75) is 19.1 Å². The molecule has 0 N–H and O–H groups in total. The minimum absolute atomic E-state index is 0.0121. The molecule has 1 aromatic heterocycles. The molecule has 0 bridgehead atoms. The number of fused-ring (bicyclic) bond motifs is 8. The van der Waals surface area contributed by atoms with Crippen LogP contribution in [0.3, 0.4) is 0 Å². The zero-order valence-electron chi connectivity index (χ0n) is 47.7. The fourth-order valence-corrected chi connectivity index (χ4v) is 7.78. The van der Waals surface area contributed by atoms with E-state index in [-0.39, 0.29) is 5.69 Å². The Morgan fingerprint density at radius 1 is 0.509 bits per heavy atom. The lowest BCUT2D eigenvalue weighted by Gasteiger charge is -2.28. The van der Waals surface area contributed by atoms with Crippen molar-refractivity contribution in [1.29, 1.82) is 0 Å². The number of anilines is 3.